The molecule has 23 heavy (non-hydrogen) atoms. The Morgan fingerprint density at radius 2 is 2.09 bits per heavy atom. The van der Waals surface area contributed by atoms with Gasteiger partial charge in [-0.3, -0.25) is 0 Å². The van der Waals surface area contributed by atoms with Crippen molar-refractivity contribution in [1.29, 1.82) is 0 Å². The van der Waals surface area contributed by atoms with Crippen molar-refractivity contribution in [3.8, 4) is 17.0 Å². The molecule has 120 valence electrons. The van der Waals surface area contributed by atoms with Crippen LogP contribution in [-0.4, -0.2) is 41.5 Å². The highest BCUT2D eigenvalue weighted by molar-refractivity contribution is 5.90. The summed E-state index contributed by atoms with van der Waals surface area (Å²) in [7, 11) is 1.49. The number of nitrogens with zero attached hydrogens (tertiary/aromatic N) is 1. The van der Waals surface area contributed by atoms with Gasteiger partial charge >= 0.3 is 5.97 Å². The highest BCUT2D eigenvalue weighted by atomic mass is 16.5. The van der Waals surface area contributed by atoms with E-state index in [2.05, 4.69) is 4.98 Å². The van der Waals surface area contributed by atoms with Gasteiger partial charge in [0.25, 0.3) is 0 Å². The highest BCUT2D eigenvalue weighted by Crippen LogP contribution is 2.37. The Hall–Kier alpha value is -2.44. The molecule has 1 aromatic carbocycles. The lowest BCUT2D eigenvalue weighted by Gasteiger charge is -2.37. The van der Waals surface area contributed by atoms with Crippen LogP contribution in [-0.2, 0) is 10.3 Å². The van der Waals surface area contributed by atoms with E-state index in [1.165, 1.54) is 7.11 Å². The Morgan fingerprint density at radius 1 is 1.35 bits per heavy atom. The first-order valence-electron chi connectivity index (χ1n) is 7.13. The average Bonchev–Trinajstić information content (AvgIpc) is 2.52. The maximum atomic E-state index is 11.2. The van der Waals surface area contributed by atoms with Gasteiger partial charge in [0.15, 0.2) is 0 Å². The van der Waals surface area contributed by atoms with E-state index in [9.17, 15) is 9.90 Å². The van der Waals surface area contributed by atoms with Gasteiger partial charge in [-0.25, -0.2) is 9.78 Å². The Kier molecular flexibility index (Phi) is 3.79. The molecule has 2 N–H and O–H groups in total. The standard InChI is InChI=1S/C17H17NO5/c1-10-3-4-11(16(19)20)5-13(10)12-6-14(15(22-2)18-7-12)17(21)8-23-9-17/h3-7,21H,8-9H2,1-2H3,(H,19,20). The van der Waals surface area contributed by atoms with E-state index in [0.717, 1.165) is 16.7 Å². The van der Waals surface area contributed by atoms with Gasteiger partial charge in [-0.15, -0.1) is 0 Å². The molecule has 0 atom stereocenters. The molecule has 1 aliphatic heterocycles. The topological polar surface area (TPSA) is 88.9 Å². The highest BCUT2D eigenvalue weighted by Gasteiger charge is 2.41. The van der Waals surface area contributed by atoms with Crippen molar-refractivity contribution in [2.24, 2.45) is 0 Å². The first-order chi connectivity index (χ1) is 10.9. The number of aromatic carboxylic acids is 1. The molecule has 1 aliphatic rings. The fraction of sp³-hybridized carbons (Fsp3) is 0.294. The molecule has 6 nitrogen and oxygen atoms in total. The number of methoxy groups -OCH3 is 1. The van der Waals surface area contributed by atoms with Crippen molar-refractivity contribution in [3.05, 3.63) is 47.2 Å². The Balaban J connectivity index is 2.12. The first-order valence-corrected chi connectivity index (χ1v) is 7.13. The van der Waals surface area contributed by atoms with Crippen LogP contribution in [0, 0.1) is 6.92 Å². The van der Waals surface area contributed by atoms with Crippen LogP contribution in [0.3, 0.4) is 0 Å². The summed E-state index contributed by atoms with van der Waals surface area (Å²) in [5.41, 5.74) is 2.03. The minimum Gasteiger partial charge on any atom is -0.481 e. The maximum absolute atomic E-state index is 11.2. The van der Waals surface area contributed by atoms with Gasteiger partial charge in [-0.05, 0) is 36.2 Å². The fourth-order valence-electron chi connectivity index (χ4n) is 2.61. The third-order valence-corrected chi connectivity index (χ3v) is 4.02. The van der Waals surface area contributed by atoms with Crippen LogP contribution in [0.15, 0.2) is 30.5 Å². The number of hydrogen-bond acceptors (Lipinski definition) is 5. The molecular weight excluding hydrogens is 298 g/mol. The second kappa shape index (κ2) is 5.64. The van der Waals surface area contributed by atoms with Crippen LogP contribution in [0.2, 0.25) is 0 Å². The molecule has 0 radical (unpaired) electrons. The largest absolute Gasteiger partial charge is 0.481 e. The van der Waals surface area contributed by atoms with Gasteiger partial charge in [0, 0.05) is 11.8 Å². The summed E-state index contributed by atoms with van der Waals surface area (Å²) < 4.78 is 10.3. The zero-order valence-electron chi connectivity index (χ0n) is 12.9. The number of aromatic nitrogens is 1. The van der Waals surface area contributed by atoms with Crippen LogP contribution in [0.25, 0.3) is 11.1 Å². The molecule has 6 heteroatoms. The van der Waals surface area contributed by atoms with Crippen molar-refractivity contribution in [2.45, 2.75) is 12.5 Å². The summed E-state index contributed by atoms with van der Waals surface area (Å²) in [5.74, 6) is -0.648. The molecule has 1 aromatic heterocycles. The molecule has 0 amide bonds. The van der Waals surface area contributed by atoms with Crippen LogP contribution < -0.4 is 4.74 Å². The predicted molar refractivity (Wildman–Crippen MR) is 82.6 cm³/mol. The summed E-state index contributed by atoms with van der Waals surface area (Å²) in [6.07, 6.45) is 1.61. The molecule has 3 rings (SSSR count). The second-order valence-electron chi connectivity index (χ2n) is 5.64. The van der Waals surface area contributed by atoms with E-state index >= 15 is 0 Å². The summed E-state index contributed by atoms with van der Waals surface area (Å²) in [5, 5.41) is 19.7. The predicted octanol–water partition coefficient (Wildman–Crippen LogP) is 1.98. The number of aryl methyl sites for hydroxylation is 1. The average molecular weight is 315 g/mol. The van der Waals surface area contributed by atoms with E-state index < -0.39 is 11.6 Å². The summed E-state index contributed by atoms with van der Waals surface area (Å²) in [4.78, 5) is 15.4. The number of carboxylic acids is 1. The van der Waals surface area contributed by atoms with Crippen molar-refractivity contribution < 1.29 is 24.5 Å². The minimum absolute atomic E-state index is 0.183. The van der Waals surface area contributed by atoms with E-state index in [1.807, 2.05) is 6.92 Å². The molecule has 0 spiro atoms. The van der Waals surface area contributed by atoms with Crippen LogP contribution in [0.1, 0.15) is 21.5 Å². The molecule has 0 aliphatic carbocycles. The van der Waals surface area contributed by atoms with Gasteiger partial charge < -0.3 is 19.7 Å². The number of carboxylic acid groups (broad SMARTS) is 1. The van der Waals surface area contributed by atoms with E-state index in [0.29, 0.717) is 11.4 Å². The molecular formula is C17H17NO5. The SMILES string of the molecule is COc1ncc(-c2cc(C(=O)O)ccc2C)cc1C1(O)COC1. The number of pyridine rings is 1. The zero-order chi connectivity index (χ0) is 16.6. The molecule has 0 bridgehead atoms. The van der Waals surface area contributed by atoms with Gasteiger partial charge in [0.05, 0.1) is 31.5 Å². The van der Waals surface area contributed by atoms with Crippen LogP contribution in [0.5, 0.6) is 5.88 Å². The minimum atomic E-state index is -1.12. The lowest BCUT2D eigenvalue weighted by atomic mass is 9.90. The van der Waals surface area contributed by atoms with E-state index in [-0.39, 0.29) is 18.8 Å². The van der Waals surface area contributed by atoms with Crippen molar-refractivity contribution in [2.75, 3.05) is 20.3 Å². The fourth-order valence-corrected chi connectivity index (χ4v) is 2.61. The monoisotopic (exact) mass is 315 g/mol. The van der Waals surface area contributed by atoms with Gasteiger partial charge in [0.2, 0.25) is 5.88 Å². The lowest BCUT2D eigenvalue weighted by Crippen LogP contribution is -2.46. The lowest BCUT2D eigenvalue weighted by molar-refractivity contribution is -0.185. The van der Waals surface area contributed by atoms with Crippen LogP contribution >= 0.6 is 0 Å². The van der Waals surface area contributed by atoms with Crippen molar-refractivity contribution in [3.63, 3.8) is 0 Å². The number of hydrogen-bond donors (Lipinski definition) is 2. The quantitative estimate of drug-likeness (QED) is 0.897. The van der Waals surface area contributed by atoms with Crippen LogP contribution in [0.4, 0.5) is 0 Å². The second-order valence-corrected chi connectivity index (χ2v) is 5.64. The summed E-state index contributed by atoms with van der Waals surface area (Å²) in [6, 6.07) is 6.70. The Labute approximate surface area is 133 Å². The normalized spacial score (nSPS) is 15.8. The van der Waals surface area contributed by atoms with Gasteiger partial charge in [0.1, 0.15) is 5.60 Å². The number of aliphatic hydroxyl groups is 1. The third kappa shape index (κ3) is 2.67. The van der Waals surface area contributed by atoms with Gasteiger partial charge in [-0.2, -0.15) is 0 Å². The maximum Gasteiger partial charge on any atom is 0.335 e. The summed E-state index contributed by atoms with van der Waals surface area (Å²) in [6.45, 7) is 2.26. The molecule has 1 fully saturated rings. The van der Waals surface area contributed by atoms with E-state index in [1.54, 1.807) is 30.5 Å². The molecule has 2 heterocycles. The molecule has 0 unspecified atom stereocenters. The Morgan fingerprint density at radius 3 is 2.65 bits per heavy atom. The number of ether oxygens (including phenoxy) is 2. The molecule has 0 saturated carbocycles. The van der Waals surface area contributed by atoms with Crippen molar-refractivity contribution >= 4 is 5.97 Å². The first kappa shape index (κ1) is 15.5. The van der Waals surface area contributed by atoms with Crippen molar-refractivity contribution in [1.82, 2.24) is 4.98 Å². The smallest absolute Gasteiger partial charge is 0.335 e. The Bertz CT molecular complexity index is 768. The number of rotatable bonds is 4. The van der Waals surface area contributed by atoms with E-state index in [4.69, 9.17) is 14.6 Å². The third-order valence-electron chi connectivity index (χ3n) is 4.02. The molecule has 2 aromatic rings. The van der Waals surface area contributed by atoms with Gasteiger partial charge in [-0.1, -0.05) is 6.07 Å². The number of benzene rings is 1. The molecule has 1 saturated heterocycles. The zero-order valence-corrected chi connectivity index (χ0v) is 12.9. The number of carbonyl (C=O) groups is 1. The summed E-state index contributed by atoms with van der Waals surface area (Å²) >= 11 is 0.